The molecule has 194 valence electrons. The van der Waals surface area contributed by atoms with Gasteiger partial charge in [0.2, 0.25) is 0 Å². The summed E-state index contributed by atoms with van der Waals surface area (Å²) in [5.74, 6) is -2.01. The number of carbonyl (C=O) groups excluding carboxylic acids is 1. The van der Waals surface area contributed by atoms with Crippen molar-refractivity contribution in [2.75, 3.05) is 13.2 Å². The highest BCUT2D eigenvalue weighted by Crippen LogP contribution is 2.40. The Balaban J connectivity index is 1.69. The van der Waals surface area contributed by atoms with Gasteiger partial charge in [0, 0.05) is 31.5 Å². The molecule has 1 heterocycles. The molecule has 1 aliphatic carbocycles. The zero-order valence-electron chi connectivity index (χ0n) is 21.5. The lowest BCUT2D eigenvalue weighted by molar-refractivity contribution is -0.197. The molecule has 2 aromatic carbocycles. The maximum absolute atomic E-state index is 13.0. The quantitative estimate of drug-likeness (QED) is 0.511. The highest BCUT2D eigenvalue weighted by Gasteiger charge is 2.52. The van der Waals surface area contributed by atoms with Crippen LogP contribution < -0.4 is 10.4 Å². The smallest absolute Gasteiger partial charge is 0.304 e. The van der Waals surface area contributed by atoms with E-state index >= 15 is 0 Å². The first-order valence-corrected chi connectivity index (χ1v) is 14.9. The number of ether oxygens (including phenoxy) is 2. The molecule has 6 nitrogen and oxygen atoms in total. The Morgan fingerprint density at radius 3 is 2.14 bits per heavy atom. The van der Waals surface area contributed by atoms with Gasteiger partial charge in [-0.15, -0.1) is 0 Å². The van der Waals surface area contributed by atoms with Crippen LogP contribution in [0.3, 0.4) is 0 Å². The Bertz CT molecular complexity index is 974. The highest BCUT2D eigenvalue weighted by molar-refractivity contribution is 6.99. The second-order valence-corrected chi connectivity index (χ2v) is 15.3. The third-order valence-corrected chi connectivity index (χ3v) is 12.6. The summed E-state index contributed by atoms with van der Waals surface area (Å²) in [6.45, 7) is 7.52. The van der Waals surface area contributed by atoms with Crippen LogP contribution in [0.2, 0.25) is 5.04 Å². The predicted molar refractivity (Wildman–Crippen MR) is 141 cm³/mol. The summed E-state index contributed by atoms with van der Waals surface area (Å²) in [5, 5.41) is 11.7. The molecule has 4 unspecified atom stereocenters. The summed E-state index contributed by atoms with van der Waals surface area (Å²) in [4.78, 5) is 24.7. The molecule has 4 atom stereocenters. The van der Waals surface area contributed by atoms with E-state index in [1.165, 1.54) is 0 Å². The van der Waals surface area contributed by atoms with Crippen LogP contribution in [0.15, 0.2) is 60.7 Å². The van der Waals surface area contributed by atoms with Gasteiger partial charge < -0.3 is 19.0 Å². The van der Waals surface area contributed by atoms with E-state index in [1.807, 2.05) is 36.4 Å². The standard InChI is InChI=1S/C29H38O6Si/c1-29(2,3)36(21-12-6-4-7-13-21,22-14-8-5-9-15-22)34-20-24-23(18-27(31)32)25(30)19-26(24)35-28-16-10-11-17-33-28/h4-9,12-15,23-24,26,28H,10-11,16-20H2,1-3H3,(H,31,32). The molecule has 0 aromatic heterocycles. The summed E-state index contributed by atoms with van der Waals surface area (Å²) in [6.07, 6.45) is 2.04. The van der Waals surface area contributed by atoms with Gasteiger partial charge in [0.05, 0.1) is 12.5 Å². The summed E-state index contributed by atoms with van der Waals surface area (Å²) >= 11 is 0. The first-order chi connectivity index (χ1) is 17.2. The van der Waals surface area contributed by atoms with Gasteiger partial charge >= 0.3 is 5.97 Å². The molecule has 1 saturated carbocycles. The number of carboxylic acids is 1. The third-order valence-electron chi connectivity index (χ3n) is 7.58. The van der Waals surface area contributed by atoms with Crippen LogP contribution in [0.1, 0.15) is 52.9 Å². The van der Waals surface area contributed by atoms with E-state index in [0.29, 0.717) is 6.61 Å². The van der Waals surface area contributed by atoms with E-state index in [9.17, 15) is 14.7 Å². The molecule has 1 aliphatic heterocycles. The Morgan fingerprint density at radius 2 is 1.64 bits per heavy atom. The van der Waals surface area contributed by atoms with Crippen molar-refractivity contribution in [3.8, 4) is 0 Å². The van der Waals surface area contributed by atoms with Crippen molar-refractivity contribution in [1.82, 2.24) is 0 Å². The van der Waals surface area contributed by atoms with Crippen LogP contribution >= 0.6 is 0 Å². The largest absolute Gasteiger partial charge is 0.481 e. The lowest BCUT2D eigenvalue weighted by Gasteiger charge is -2.44. The van der Waals surface area contributed by atoms with Crippen LogP contribution in [-0.4, -0.2) is 50.8 Å². The van der Waals surface area contributed by atoms with Gasteiger partial charge in [-0.2, -0.15) is 0 Å². The first kappa shape index (κ1) is 26.7. The number of aliphatic carboxylic acids is 1. The van der Waals surface area contributed by atoms with Crippen LogP contribution in [0, 0.1) is 11.8 Å². The number of Topliss-reactive ketones (excluding diaryl/α,β-unsaturated/α-hetero) is 1. The number of ketones is 1. The SMILES string of the molecule is CC(C)(C)[Si](OCC1C(OC2CCCCO2)CC(=O)C1CC(=O)O)(c1ccccc1)c1ccccc1. The average Bonchev–Trinajstić information content (AvgIpc) is 3.14. The molecule has 2 aliphatic rings. The van der Waals surface area contributed by atoms with Crippen molar-refractivity contribution in [3.05, 3.63) is 60.7 Å². The van der Waals surface area contributed by atoms with Crippen molar-refractivity contribution in [3.63, 3.8) is 0 Å². The fraction of sp³-hybridized carbons (Fsp3) is 0.517. The van der Waals surface area contributed by atoms with Crippen molar-refractivity contribution in [1.29, 1.82) is 0 Å². The molecule has 4 rings (SSSR count). The Morgan fingerprint density at radius 1 is 1.03 bits per heavy atom. The highest BCUT2D eigenvalue weighted by atomic mass is 28.4. The molecule has 0 radical (unpaired) electrons. The van der Waals surface area contributed by atoms with Crippen LogP contribution in [0.5, 0.6) is 0 Å². The molecule has 36 heavy (non-hydrogen) atoms. The molecule has 0 amide bonds. The molecule has 0 bridgehead atoms. The maximum atomic E-state index is 13.0. The minimum absolute atomic E-state index is 0.0609. The van der Waals surface area contributed by atoms with E-state index in [1.54, 1.807) is 0 Å². The minimum atomic E-state index is -2.84. The number of carbonyl (C=O) groups is 2. The number of benzene rings is 2. The fourth-order valence-electron chi connectivity index (χ4n) is 5.82. The van der Waals surface area contributed by atoms with E-state index in [4.69, 9.17) is 13.9 Å². The van der Waals surface area contributed by atoms with E-state index in [-0.39, 0.29) is 42.5 Å². The second kappa shape index (κ2) is 11.4. The monoisotopic (exact) mass is 510 g/mol. The van der Waals surface area contributed by atoms with Crippen molar-refractivity contribution >= 4 is 30.4 Å². The van der Waals surface area contributed by atoms with E-state index in [0.717, 1.165) is 29.6 Å². The van der Waals surface area contributed by atoms with E-state index < -0.39 is 26.3 Å². The summed E-state index contributed by atoms with van der Waals surface area (Å²) < 4.78 is 19.2. The molecule has 2 fully saturated rings. The zero-order valence-corrected chi connectivity index (χ0v) is 22.5. The summed E-state index contributed by atoms with van der Waals surface area (Å²) in [7, 11) is -2.84. The van der Waals surface area contributed by atoms with Crippen molar-refractivity contribution in [2.45, 2.75) is 70.3 Å². The molecule has 7 heteroatoms. The molecular formula is C29H38O6Si. The van der Waals surface area contributed by atoms with Crippen molar-refractivity contribution < 1.29 is 28.6 Å². The van der Waals surface area contributed by atoms with Crippen LogP contribution in [0.4, 0.5) is 0 Å². The Hall–Kier alpha value is -2.32. The minimum Gasteiger partial charge on any atom is -0.481 e. The molecular weight excluding hydrogens is 472 g/mol. The number of hydrogen-bond donors (Lipinski definition) is 1. The number of rotatable bonds is 9. The average molecular weight is 511 g/mol. The van der Waals surface area contributed by atoms with Crippen LogP contribution in [0.25, 0.3) is 0 Å². The van der Waals surface area contributed by atoms with Gasteiger partial charge in [-0.05, 0) is 34.7 Å². The predicted octanol–water partition coefficient (Wildman–Crippen LogP) is 4.15. The third kappa shape index (κ3) is 5.64. The van der Waals surface area contributed by atoms with Crippen LogP contribution in [-0.2, 0) is 23.5 Å². The van der Waals surface area contributed by atoms with Gasteiger partial charge in [0.15, 0.2) is 6.29 Å². The Kier molecular flexibility index (Phi) is 8.45. The van der Waals surface area contributed by atoms with Crippen molar-refractivity contribution in [2.24, 2.45) is 11.8 Å². The van der Waals surface area contributed by atoms with Gasteiger partial charge in [0.1, 0.15) is 5.78 Å². The number of carboxylic acid groups (broad SMARTS) is 1. The first-order valence-electron chi connectivity index (χ1n) is 13.0. The molecule has 1 saturated heterocycles. The topological polar surface area (TPSA) is 82.1 Å². The zero-order chi connectivity index (χ0) is 25.8. The van der Waals surface area contributed by atoms with Gasteiger partial charge in [-0.1, -0.05) is 81.4 Å². The normalized spacial score (nSPS) is 25.1. The fourth-order valence-corrected chi connectivity index (χ4v) is 10.4. The Labute approximate surface area is 215 Å². The summed E-state index contributed by atoms with van der Waals surface area (Å²) in [5.41, 5.74) is 0. The maximum Gasteiger partial charge on any atom is 0.304 e. The lowest BCUT2D eigenvalue weighted by atomic mass is 9.92. The second-order valence-electron chi connectivity index (χ2n) is 11.0. The van der Waals surface area contributed by atoms with Gasteiger partial charge in [0.25, 0.3) is 8.32 Å². The number of hydrogen-bond acceptors (Lipinski definition) is 5. The lowest BCUT2D eigenvalue weighted by Crippen LogP contribution is -2.67. The van der Waals surface area contributed by atoms with Gasteiger partial charge in [-0.25, -0.2) is 0 Å². The van der Waals surface area contributed by atoms with Gasteiger partial charge in [-0.3, -0.25) is 9.59 Å². The molecule has 1 N–H and O–H groups in total. The molecule has 2 aromatic rings. The summed E-state index contributed by atoms with van der Waals surface area (Å²) in [6, 6.07) is 20.7. The molecule has 0 spiro atoms. The van der Waals surface area contributed by atoms with E-state index in [2.05, 4.69) is 45.0 Å².